The summed E-state index contributed by atoms with van der Waals surface area (Å²) in [6, 6.07) is 10.8. The highest BCUT2D eigenvalue weighted by molar-refractivity contribution is 6.33. The van der Waals surface area contributed by atoms with Crippen LogP contribution in [0.2, 0.25) is 5.02 Å². The molecule has 0 aliphatic heterocycles. The molecule has 0 saturated heterocycles. The zero-order chi connectivity index (χ0) is 29.8. The number of alkyl halides is 2. The molecule has 2 aliphatic carbocycles. The maximum absolute atomic E-state index is 13.8. The van der Waals surface area contributed by atoms with Crippen molar-refractivity contribution in [3.8, 4) is 11.5 Å². The number of aliphatic carboxylic acids is 1. The van der Waals surface area contributed by atoms with Crippen molar-refractivity contribution in [2.24, 2.45) is 0 Å². The van der Waals surface area contributed by atoms with Gasteiger partial charge in [-0.15, -0.1) is 0 Å². The van der Waals surface area contributed by atoms with Gasteiger partial charge in [-0.1, -0.05) is 41.9 Å². The predicted molar refractivity (Wildman–Crippen MR) is 151 cm³/mol. The summed E-state index contributed by atoms with van der Waals surface area (Å²) in [6.07, 6.45) is -1.43. The maximum atomic E-state index is 13.8. The highest BCUT2D eigenvalue weighted by Crippen LogP contribution is 2.53. The summed E-state index contributed by atoms with van der Waals surface area (Å²) >= 11 is 6.95. The molecule has 2 atom stereocenters. The van der Waals surface area contributed by atoms with E-state index in [2.05, 4.69) is 5.32 Å². The molecule has 0 spiro atoms. The zero-order valence-corrected chi connectivity index (χ0v) is 24.4. The van der Waals surface area contributed by atoms with Crippen molar-refractivity contribution in [1.29, 1.82) is 0 Å². The van der Waals surface area contributed by atoms with E-state index in [0.29, 0.717) is 41.9 Å². The lowest BCUT2D eigenvalue weighted by molar-refractivity contribution is -0.192. The summed E-state index contributed by atoms with van der Waals surface area (Å²) < 4.78 is 45.5. The predicted octanol–water partition coefficient (Wildman–Crippen LogP) is 5.71. The molecule has 8 nitrogen and oxygen atoms in total. The monoisotopic (exact) mass is 596 g/mol. The Morgan fingerprint density at radius 1 is 1.17 bits per heavy atom. The van der Waals surface area contributed by atoms with E-state index in [1.54, 1.807) is 11.8 Å². The summed E-state index contributed by atoms with van der Waals surface area (Å²) in [5.41, 5.74) is 0.523. The van der Waals surface area contributed by atoms with Gasteiger partial charge in [-0.25, -0.2) is 8.78 Å². The topological polar surface area (TPSA) is 100 Å². The van der Waals surface area contributed by atoms with Crippen molar-refractivity contribution in [3.63, 3.8) is 0 Å². The van der Waals surface area contributed by atoms with E-state index in [-0.39, 0.29) is 19.1 Å². The number of aliphatic hydroxyl groups is 1. The molecule has 0 bridgehead atoms. The Morgan fingerprint density at radius 3 is 2.39 bits per heavy atom. The van der Waals surface area contributed by atoms with Gasteiger partial charge >= 0.3 is 5.97 Å². The molecule has 0 radical (unpaired) electrons. The molecule has 2 aromatic carbocycles. The van der Waals surface area contributed by atoms with Crippen molar-refractivity contribution < 1.29 is 38.0 Å². The molecule has 0 amide bonds. The first-order valence-electron chi connectivity index (χ1n) is 14.1. The van der Waals surface area contributed by atoms with E-state index < -0.39 is 42.7 Å². The average Bonchev–Trinajstić information content (AvgIpc) is 3.75. The molecular weight excluding hydrogens is 558 g/mol. The third-order valence-electron chi connectivity index (χ3n) is 7.63. The van der Waals surface area contributed by atoms with E-state index >= 15 is 0 Å². The quantitative estimate of drug-likeness (QED) is 0.167. The molecule has 2 aromatic rings. The lowest BCUT2D eigenvalue weighted by Gasteiger charge is -2.47. The molecule has 41 heavy (non-hydrogen) atoms. The Labute approximate surface area is 244 Å². The first kappa shape index (κ1) is 31.4. The van der Waals surface area contributed by atoms with Crippen LogP contribution in [0.25, 0.3) is 0 Å². The van der Waals surface area contributed by atoms with Gasteiger partial charge in [-0.3, -0.25) is 15.0 Å². The number of nitrogens with one attached hydrogen (secondary N) is 1. The number of halogens is 3. The van der Waals surface area contributed by atoms with Crippen molar-refractivity contribution in [1.82, 2.24) is 10.2 Å². The molecule has 1 unspecified atom stereocenters. The number of nitrogens with zero attached hydrogens (tertiary/aromatic N) is 1. The summed E-state index contributed by atoms with van der Waals surface area (Å²) in [5, 5.41) is 24.0. The Balaban J connectivity index is 1.63. The van der Waals surface area contributed by atoms with Gasteiger partial charge in [0.15, 0.2) is 6.35 Å². The van der Waals surface area contributed by atoms with Gasteiger partial charge in [0.25, 0.3) is 5.92 Å². The maximum Gasteiger partial charge on any atom is 0.324 e. The zero-order valence-electron chi connectivity index (χ0n) is 23.7. The van der Waals surface area contributed by atoms with Crippen LogP contribution in [-0.2, 0) is 16.1 Å². The van der Waals surface area contributed by atoms with Crippen molar-refractivity contribution in [2.75, 3.05) is 26.4 Å². The Bertz CT molecular complexity index is 1190. The van der Waals surface area contributed by atoms with Crippen LogP contribution >= 0.6 is 11.6 Å². The first-order valence-corrected chi connectivity index (χ1v) is 14.5. The van der Waals surface area contributed by atoms with Gasteiger partial charge in [-0.05, 0) is 56.7 Å². The second-order valence-corrected chi connectivity index (χ2v) is 11.1. The molecule has 11 heteroatoms. The summed E-state index contributed by atoms with van der Waals surface area (Å²) in [6.45, 7) is 7.01. The van der Waals surface area contributed by atoms with E-state index in [9.17, 15) is 23.8 Å². The van der Waals surface area contributed by atoms with Gasteiger partial charge in [0, 0.05) is 31.0 Å². The Morgan fingerprint density at radius 2 is 1.83 bits per heavy atom. The van der Waals surface area contributed by atoms with Gasteiger partial charge in [0.05, 0.1) is 31.5 Å². The minimum atomic E-state index is -3.12. The second-order valence-electron chi connectivity index (χ2n) is 10.7. The summed E-state index contributed by atoms with van der Waals surface area (Å²) in [7, 11) is 0. The smallest absolute Gasteiger partial charge is 0.324 e. The standard InChI is InChI=1S/C30H39ClF2N2O6/c1-4-40-23-15-22(25(31)26(41-5-2)24(23)21-11-12-21)19(3)35(13-14-39-16-20-9-7-6-8-10-20)28(38)34-29(27(36)37)17-30(32,33)18-29/h6-10,15,19,21,28,34,38H,4-5,11-14,16-18H2,1-3H3,(H,36,37)/t19-,28?/m1/s1. The fraction of sp³-hybridized carbons (Fsp3) is 0.567. The van der Waals surface area contributed by atoms with Crippen LogP contribution in [0.3, 0.4) is 0 Å². The number of benzene rings is 2. The van der Waals surface area contributed by atoms with E-state index in [0.717, 1.165) is 24.0 Å². The van der Waals surface area contributed by atoms with Crippen LogP contribution in [0.4, 0.5) is 8.78 Å². The van der Waals surface area contributed by atoms with Crippen molar-refractivity contribution in [3.05, 3.63) is 58.1 Å². The highest BCUT2D eigenvalue weighted by atomic mass is 35.5. The minimum Gasteiger partial charge on any atom is -0.493 e. The Hall–Kier alpha value is -2.50. The van der Waals surface area contributed by atoms with Crippen LogP contribution in [0.15, 0.2) is 36.4 Å². The number of carbonyl (C=O) groups is 1. The van der Waals surface area contributed by atoms with Gasteiger partial charge in [-0.2, -0.15) is 0 Å². The lowest BCUT2D eigenvalue weighted by Crippen LogP contribution is -2.69. The molecule has 226 valence electrons. The molecule has 2 aliphatic rings. The third-order valence-corrected chi connectivity index (χ3v) is 8.02. The molecule has 4 rings (SSSR count). The van der Waals surface area contributed by atoms with Gasteiger partial charge < -0.3 is 24.4 Å². The number of hydrogen-bond acceptors (Lipinski definition) is 7. The van der Waals surface area contributed by atoms with E-state index in [4.69, 9.17) is 25.8 Å². The largest absolute Gasteiger partial charge is 0.493 e. The molecule has 0 heterocycles. The number of aliphatic hydroxyl groups excluding tert-OH is 1. The number of carboxylic acids is 1. The first-order chi connectivity index (χ1) is 19.5. The number of carboxylic acid groups (broad SMARTS) is 1. The summed E-state index contributed by atoms with van der Waals surface area (Å²) in [4.78, 5) is 13.5. The van der Waals surface area contributed by atoms with E-state index in [1.165, 1.54) is 0 Å². The third kappa shape index (κ3) is 7.29. The SMILES string of the molecule is CCOc1cc([C@@H](C)N(CCOCc2ccccc2)C(O)NC2(C(=O)O)CC(F)(F)C2)c(Cl)c(OCC)c1C1CC1. The van der Waals surface area contributed by atoms with Gasteiger partial charge in [0.1, 0.15) is 17.0 Å². The number of rotatable bonds is 16. The minimum absolute atomic E-state index is 0.142. The van der Waals surface area contributed by atoms with Crippen LogP contribution in [0, 0.1) is 0 Å². The molecule has 0 aromatic heterocycles. The fourth-order valence-electron chi connectivity index (χ4n) is 5.38. The van der Waals surface area contributed by atoms with Gasteiger partial charge in [0.2, 0.25) is 0 Å². The molecule has 2 fully saturated rings. The molecular formula is C30H39ClF2N2O6. The molecule has 2 saturated carbocycles. The van der Waals surface area contributed by atoms with Crippen molar-refractivity contribution >= 4 is 17.6 Å². The highest BCUT2D eigenvalue weighted by Gasteiger charge is 2.62. The van der Waals surface area contributed by atoms with Crippen LogP contribution in [0.1, 0.15) is 75.1 Å². The lowest BCUT2D eigenvalue weighted by atomic mass is 9.73. The second kappa shape index (κ2) is 13.2. The molecule has 3 N–H and O–H groups in total. The van der Waals surface area contributed by atoms with Crippen LogP contribution in [-0.4, -0.2) is 65.3 Å². The normalized spacial score (nSPS) is 18.9. The number of hydrogen-bond donors (Lipinski definition) is 3. The van der Waals surface area contributed by atoms with E-state index in [1.807, 2.05) is 50.2 Å². The van der Waals surface area contributed by atoms with Crippen molar-refractivity contribution in [2.45, 2.75) is 82.8 Å². The number of ether oxygens (including phenoxy) is 3. The fourth-order valence-corrected chi connectivity index (χ4v) is 5.75. The summed E-state index contributed by atoms with van der Waals surface area (Å²) in [5.74, 6) is -3.10. The average molecular weight is 597 g/mol. The van der Waals surface area contributed by atoms with Crippen LogP contribution in [0.5, 0.6) is 11.5 Å². The Kier molecular flexibility index (Phi) is 10.1. The van der Waals surface area contributed by atoms with Crippen LogP contribution < -0.4 is 14.8 Å².